The Morgan fingerprint density at radius 1 is 1.69 bits per heavy atom. The molecule has 1 aromatic heterocycles. The summed E-state index contributed by atoms with van der Waals surface area (Å²) in [5, 5.41) is 9.14. The standard InChI is InChI=1S/C11H15BrN2O2/c1-8(15)4-6-14(2)11(16)9-3-5-13-10(12)7-9/h3,5,7-8,15H,4,6H2,1-2H3. The van der Waals surface area contributed by atoms with Crippen LogP contribution in [0, 0.1) is 0 Å². The summed E-state index contributed by atoms with van der Waals surface area (Å²) < 4.78 is 0.641. The van der Waals surface area contributed by atoms with Crippen LogP contribution in [0.25, 0.3) is 0 Å². The average molecular weight is 287 g/mol. The Balaban J connectivity index is 2.63. The second kappa shape index (κ2) is 5.96. The lowest BCUT2D eigenvalue weighted by Crippen LogP contribution is -2.29. The molecule has 1 amide bonds. The summed E-state index contributed by atoms with van der Waals surface area (Å²) in [5.74, 6) is -0.0660. The number of pyridine rings is 1. The molecule has 0 radical (unpaired) electrons. The molecule has 88 valence electrons. The number of carbonyl (C=O) groups is 1. The molecule has 1 aromatic rings. The Morgan fingerprint density at radius 2 is 2.38 bits per heavy atom. The van der Waals surface area contributed by atoms with Crippen LogP contribution in [0.2, 0.25) is 0 Å². The highest BCUT2D eigenvalue weighted by Crippen LogP contribution is 2.10. The fourth-order valence-corrected chi connectivity index (χ4v) is 1.60. The molecule has 1 atom stereocenters. The van der Waals surface area contributed by atoms with Gasteiger partial charge in [-0.2, -0.15) is 0 Å². The van der Waals surface area contributed by atoms with Crippen molar-refractivity contribution < 1.29 is 9.90 Å². The highest BCUT2D eigenvalue weighted by Gasteiger charge is 2.12. The maximum absolute atomic E-state index is 11.9. The summed E-state index contributed by atoms with van der Waals surface area (Å²) in [6.45, 7) is 2.25. The molecule has 1 N–H and O–H groups in total. The Labute approximate surface area is 103 Å². The number of rotatable bonds is 4. The Bertz CT molecular complexity index is 369. The lowest BCUT2D eigenvalue weighted by atomic mass is 10.2. The molecule has 0 saturated carbocycles. The van der Waals surface area contributed by atoms with Crippen LogP contribution in [0.15, 0.2) is 22.9 Å². The molecule has 0 aliphatic heterocycles. The van der Waals surface area contributed by atoms with Crippen molar-refractivity contribution in [3.63, 3.8) is 0 Å². The summed E-state index contributed by atoms with van der Waals surface area (Å²) in [4.78, 5) is 17.5. The van der Waals surface area contributed by atoms with Gasteiger partial charge in [-0.1, -0.05) is 0 Å². The molecule has 0 aromatic carbocycles. The van der Waals surface area contributed by atoms with Crippen LogP contribution < -0.4 is 0 Å². The van der Waals surface area contributed by atoms with E-state index in [1.807, 2.05) is 0 Å². The first kappa shape index (κ1) is 13.1. The van der Waals surface area contributed by atoms with Gasteiger partial charge in [-0.15, -0.1) is 0 Å². The Morgan fingerprint density at radius 3 is 2.94 bits per heavy atom. The Hall–Kier alpha value is -0.940. The minimum atomic E-state index is -0.389. The monoisotopic (exact) mass is 286 g/mol. The molecule has 1 heterocycles. The van der Waals surface area contributed by atoms with Gasteiger partial charge in [-0.05, 0) is 41.4 Å². The zero-order chi connectivity index (χ0) is 12.1. The van der Waals surface area contributed by atoms with E-state index in [0.717, 1.165) is 0 Å². The van der Waals surface area contributed by atoms with Crippen LogP contribution in [0.5, 0.6) is 0 Å². The lowest BCUT2D eigenvalue weighted by molar-refractivity contribution is 0.0769. The van der Waals surface area contributed by atoms with E-state index in [9.17, 15) is 4.79 Å². The molecule has 4 nitrogen and oxygen atoms in total. The van der Waals surface area contributed by atoms with Crippen LogP contribution in [-0.4, -0.2) is 40.6 Å². The van der Waals surface area contributed by atoms with E-state index < -0.39 is 0 Å². The molecule has 16 heavy (non-hydrogen) atoms. The number of aliphatic hydroxyl groups is 1. The number of carbonyl (C=O) groups excluding carboxylic acids is 1. The van der Waals surface area contributed by atoms with Crippen molar-refractivity contribution in [3.8, 4) is 0 Å². The van der Waals surface area contributed by atoms with E-state index in [-0.39, 0.29) is 12.0 Å². The van der Waals surface area contributed by atoms with Gasteiger partial charge in [0.15, 0.2) is 0 Å². The van der Waals surface area contributed by atoms with Crippen LogP contribution in [0.3, 0.4) is 0 Å². The van der Waals surface area contributed by atoms with E-state index in [2.05, 4.69) is 20.9 Å². The van der Waals surface area contributed by atoms with Gasteiger partial charge in [-0.3, -0.25) is 4.79 Å². The first-order valence-corrected chi connectivity index (χ1v) is 5.85. The van der Waals surface area contributed by atoms with Crippen molar-refractivity contribution in [1.29, 1.82) is 0 Å². The predicted octanol–water partition coefficient (Wildman–Crippen LogP) is 1.69. The van der Waals surface area contributed by atoms with Gasteiger partial charge in [-0.25, -0.2) is 4.98 Å². The molecule has 0 spiro atoms. The normalized spacial score (nSPS) is 12.2. The molecule has 5 heteroatoms. The predicted molar refractivity (Wildman–Crippen MR) is 65.2 cm³/mol. The van der Waals surface area contributed by atoms with Crippen LogP contribution in [-0.2, 0) is 0 Å². The molecule has 0 bridgehead atoms. The molecular weight excluding hydrogens is 272 g/mol. The second-order valence-corrected chi connectivity index (χ2v) is 4.54. The largest absolute Gasteiger partial charge is 0.393 e. The van der Waals surface area contributed by atoms with Gasteiger partial charge in [0.2, 0.25) is 0 Å². The third-order valence-corrected chi connectivity index (χ3v) is 2.64. The fraction of sp³-hybridized carbons (Fsp3) is 0.455. The number of aromatic nitrogens is 1. The molecule has 0 fully saturated rings. The first-order valence-electron chi connectivity index (χ1n) is 5.06. The van der Waals surface area contributed by atoms with Crippen molar-refractivity contribution in [2.24, 2.45) is 0 Å². The maximum atomic E-state index is 11.9. The van der Waals surface area contributed by atoms with Crippen molar-refractivity contribution in [2.75, 3.05) is 13.6 Å². The number of nitrogens with zero attached hydrogens (tertiary/aromatic N) is 2. The molecule has 0 saturated heterocycles. The second-order valence-electron chi connectivity index (χ2n) is 3.73. The van der Waals surface area contributed by atoms with Gasteiger partial charge in [0.25, 0.3) is 5.91 Å². The smallest absolute Gasteiger partial charge is 0.253 e. The number of hydrogen-bond acceptors (Lipinski definition) is 3. The van der Waals surface area contributed by atoms with E-state index in [1.165, 1.54) is 0 Å². The fourth-order valence-electron chi connectivity index (χ4n) is 1.24. The third kappa shape index (κ3) is 3.90. The van der Waals surface area contributed by atoms with Crippen molar-refractivity contribution in [3.05, 3.63) is 28.5 Å². The topological polar surface area (TPSA) is 53.4 Å². The van der Waals surface area contributed by atoms with Crippen LogP contribution in [0.4, 0.5) is 0 Å². The SMILES string of the molecule is CC(O)CCN(C)C(=O)c1ccnc(Br)c1. The summed E-state index contributed by atoms with van der Waals surface area (Å²) in [5.41, 5.74) is 0.593. The maximum Gasteiger partial charge on any atom is 0.253 e. The van der Waals surface area contributed by atoms with Crippen LogP contribution >= 0.6 is 15.9 Å². The Kier molecular flexibility index (Phi) is 4.89. The summed E-state index contributed by atoms with van der Waals surface area (Å²) in [6, 6.07) is 3.35. The lowest BCUT2D eigenvalue weighted by Gasteiger charge is -2.17. The first-order chi connectivity index (χ1) is 7.50. The zero-order valence-electron chi connectivity index (χ0n) is 9.35. The van der Waals surface area contributed by atoms with E-state index >= 15 is 0 Å². The molecule has 1 rings (SSSR count). The number of hydrogen-bond donors (Lipinski definition) is 1. The van der Waals surface area contributed by atoms with E-state index in [4.69, 9.17) is 5.11 Å². The molecule has 0 aliphatic carbocycles. The highest BCUT2D eigenvalue weighted by atomic mass is 79.9. The van der Waals surface area contributed by atoms with E-state index in [0.29, 0.717) is 23.1 Å². The summed E-state index contributed by atoms with van der Waals surface area (Å²) in [6.07, 6.45) is 1.77. The van der Waals surface area contributed by atoms with E-state index in [1.54, 1.807) is 37.2 Å². The number of aliphatic hydroxyl groups excluding tert-OH is 1. The van der Waals surface area contributed by atoms with Gasteiger partial charge in [0.1, 0.15) is 4.60 Å². The minimum Gasteiger partial charge on any atom is -0.393 e. The molecule has 0 aliphatic rings. The van der Waals surface area contributed by atoms with Crippen molar-refractivity contribution in [2.45, 2.75) is 19.4 Å². The van der Waals surface area contributed by atoms with Crippen molar-refractivity contribution in [1.82, 2.24) is 9.88 Å². The summed E-state index contributed by atoms with van der Waals surface area (Å²) >= 11 is 3.22. The minimum absolute atomic E-state index is 0.0660. The molecular formula is C11H15BrN2O2. The summed E-state index contributed by atoms with van der Waals surface area (Å²) in [7, 11) is 1.72. The zero-order valence-corrected chi connectivity index (χ0v) is 10.9. The van der Waals surface area contributed by atoms with Crippen LogP contribution in [0.1, 0.15) is 23.7 Å². The quantitative estimate of drug-likeness (QED) is 0.857. The van der Waals surface area contributed by atoms with Gasteiger partial charge in [0, 0.05) is 25.4 Å². The average Bonchev–Trinajstić information content (AvgIpc) is 2.24. The van der Waals surface area contributed by atoms with Gasteiger partial charge in [0.05, 0.1) is 6.10 Å². The third-order valence-electron chi connectivity index (χ3n) is 2.20. The number of amides is 1. The number of halogens is 1. The van der Waals surface area contributed by atoms with Crippen molar-refractivity contribution >= 4 is 21.8 Å². The highest BCUT2D eigenvalue weighted by molar-refractivity contribution is 9.10. The van der Waals surface area contributed by atoms with Gasteiger partial charge >= 0.3 is 0 Å². The van der Waals surface area contributed by atoms with Gasteiger partial charge < -0.3 is 10.0 Å². The molecule has 1 unspecified atom stereocenters.